The van der Waals surface area contributed by atoms with Crippen molar-refractivity contribution in [3.05, 3.63) is 106 Å². The van der Waals surface area contributed by atoms with Gasteiger partial charge in [0, 0.05) is 64.5 Å². The highest BCUT2D eigenvalue weighted by molar-refractivity contribution is 9.11. The smallest absolute Gasteiger partial charge is 0.480 e. The van der Waals surface area contributed by atoms with Gasteiger partial charge in [-0.05, 0) is 118 Å². The maximum Gasteiger partial charge on any atom is 0.496 e. The van der Waals surface area contributed by atoms with Crippen molar-refractivity contribution in [2.45, 2.75) is 104 Å². The molecule has 0 unspecified atom stereocenters. The number of nitrogens with one attached hydrogen (secondary N) is 3. The molecule has 103 heavy (non-hydrogen) atoms. The molecular formula is C62H77BBr3ClN26O8Si2. The number of anilines is 3. The molecule has 542 valence electrons. The molecule has 34 nitrogen and oxygen atoms in total. The van der Waals surface area contributed by atoms with E-state index in [0.717, 1.165) is 67.1 Å². The summed E-state index contributed by atoms with van der Waals surface area (Å²) in [5.74, 6) is 3.32. The maximum absolute atomic E-state index is 5.89. The second kappa shape index (κ2) is 34.4. The molecule has 0 saturated carbocycles. The first kappa shape index (κ1) is 78.0. The Kier molecular flexibility index (Phi) is 26.1. The van der Waals surface area contributed by atoms with Crippen LogP contribution in [-0.2, 0) is 32.2 Å². The monoisotopic (exact) mass is 1650 g/mol. The Morgan fingerprint density at radius 3 is 1.47 bits per heavy atom. The molecule has 1 saturated heterocycles. The first-order valence-electron chi connectivity index (χ1n) is 31.5. The molecule has 0 aliphatic carbocycles. The third kappa shape index (κ3) is 19.8. The molecule has 14 rings (SSSR count). The number of ether oxygens (including phenoxy) is 6. The second-order valence-corrected chi connectivity index (χ2v) is 39.7. The largest absolute Gasteiger partial charge is 0.496 e. The zero-order valence-electron chi connectivity index (χ0n) is 58.9. The van der Waals surface area contributed by atoms with E-state index in [1.807, 2.05) is 45.9 Å². The second-order valence-electron chi connectivity index (χ2n) is 25.7. The molecule has 0 aromatic carbocycles. The van der Waals surface area contributed by atoms with Gasteiger partial charge in [0.25, 0.3) is 0 Å². The van der Waals surface area contributed by atoms with E-state index in [1.54, 1.807) is 74.6 Å². The Morgan fingerprint density at radius 1 is 0.505 bits per heavy atom. The van der Waals surface area contributed by atoms with E-state index < -0.39 is 16.1 Å². The maximum atomic E-state index is 5.89. The summed E-state index contributed by atoms with van der Waals surface area (Å²) in [6.45, 7) is 24.2. The SMILES string of the molecule is CC1(C)OB(c2ccc(N)nc2)OC1(C)C.COc1ncnc2c1c(-c1ccnc(N)c1)nn2COCC[Si](C)(C)C.COc1ncnc2c1c(Br)nn2COCC[Si](C)(C)C.COc1ncnc2n[nH]c(-c3ccnc(N)c3)c12.COc1ncnc2n[nH]c(Br)c12.Clc1ncnc2n[nH]c(Br)c12. The molecule has 41 heteroatoms. The average molecular weight is 1660 g/mol. The number of halogens is 4. The van der Waals surface area contributed by atoms with Crippen LogP contribution < -0.4 is 41.6 Å². The number of nitrogens with zero attached hydrogens (tertiary/aromatic N) is 20. The average Bonchev–Trinajstić information content (AvgIpc) is 1.65. The van der Waals surface area contributed by atoms with Crippen molar-refractivity contribution >= 4 is 161 Å². The Hall–Kier alpha value is -9.13. The number of hydrogen-bond donors (Lipinski definition) is 6. The Bertz CT molecular complexity index is 4970. The van der Waals surface area contributed by atoms with Gasteiger partial charge in [0.05, 0.1) is 50.7 Å². The molecule has 1 aliphatic rings. The highest BCUT2D eigenvalue weighted by atomic mass is 79.9. The topological polar surface area (TPSA) is 441 Å². The van der Waals surface area contributed by atoms with Gasteiger partial charge in [-0.25, -0.2) is 74.2 Å². The van der Waals surface area contributed by atoms with Crippen LogP contribution in [0.3, 0.4) is 0 Å². The van der Waals surface area contributed by atoms with Gasteiger partial charge >= 0.3 is 7.12 Å². The molecule has 13 aromatic rings. The molecule has 0 spiro atoms. The van der Waals surface area contributed by atoms with Gasteiger partial charge in [0.15, 0.2) is 28.2 Å². The number of nitrogen functional groups attached to an aromatic ring is 3. The van der Waals surface area contributed by atoms with Crippen molar-refractivity contribution in [2.75, 3.05) is 58.9 Å². The summed E-state index contributed by atoms with van der Waals surface area (Å²) in [7, 11) is 3.70. The summed E-state index contributed by atoms with van der Waals surface area (Å²) in [6.07, 6.45) is 12.1. The van der Waals surface area contributed by atoms with Gasteiger partial charge < -0.3 is 54.9 Å². The highest BCUT2D eigenvalue weighted by Gasteiger charge is 2.51. The molecule has 0 amide bonds. The Labute approximate surface area is 623 Å². The lowest BCUT2D eigenvalue weighted by atomic mass is 9.80. The lowest BCUT2D eigenvalue weighted by Crippen LogP contribution is -2.41. The third-order valence-corrected chi connectivity index (χ3v) is 20.8. The summed E-state index contributed by atoms with van der Waals surface area (Å²) in [4.78, 5) is 52.7. The molecule has 13 aromatic heterocycles. The van der Waals surface area contributed by atoms with Crippen LogP contribution in [0, 0.1) is 0 Å². The van der Waals surface area contributed by atoms with Crippen molar-refractivity contribution in [2.24, 2.45) is 0 Å². The van der Waals surface area contributed by atoms with E-state index in [0.29, 0.717) is 115 Å². The minimum absolute atomic E-state index is 0.320. The molecule has 0 atom stereocenters. The lowest BCUT2D eigenvalue weighted by molar-refractivity contribution is 0.00578. The normalized spacial score (nSPS) is 13.0. The minimum atomic E-state index is -1.14. The van der Waals surface area contributed by atoms with Gasteiger partial charge in [0.2, 0.25) is 23.5 Å². The first-order valence-corrected chi connectivity index (χ1v) is 41.7. The number of nitrogens with two attached hydrogens (primary N) is 3. The van der Waals surface area contributed by atoms with Crippen molar-refractivity contribution in [1.29, 1.82) is 0 Å². The van der Waals surface area contributed by atoms with Gasteiger partial charge in [-0.3, -0.25) is 15.3 Å². The van der Waals surface area contributed by atoms with Crippen molar-refractivity contribution in [1.82, 2.24) is 115 Å². The summed E-state index contributed by atoms with van der Waals surface area (Å²) in [5.41, 5.74) is 23.5. The number of H-pyrrole nitrogens is 3. The number of fused-ring (bicyclic) bond motifs is 5. The van der Waals surface area contributed by atoms with Crippen molar-refractivity contribution in [3.8, 4) is 46.0 Å². The van der Waals surface area contributed by atoms with E-state index in [4.69, 9.17) is 66.5 Å². The molecule has 0 radical (unpaired) electrons. The van der Waals surface area contributed by atoms with Gasteiger partial charge in [-0.2, -0.15) is 25.5 Å². The van der Waals surface area contributed by atoms with Crippen LogP contribution in [0.2, 0.25) is 56.5 Å². The van der Waals surface area contributed by atoms with Gasteiger partial charge in [0.1, 0.15) is 109 Å². The standard InChI is InChI=1S/C17H24N6O2Si.C12H19BrN4O2Si.C11H17BN2O2.C11H10N6O.C6H5BrN4O.C5H2BrClN4/c1-24-17-14-15(12-5-6-19-13(18)9-12)22-23(16(14)20-10-21-17)11-25-7-8-26(2,3)4;1-18-12-9-10(13)16-17(11(9)14-7-15-12)8-19-5-6-20(2,3)4;1-10(2)11(3,4)16-12(15-10)8-5-6-9(13)14-7-8;1-18-11-8-9(6-2-3-13-7(12)4-6)16-17-10(8)14-5-15-11;1-12-6-3-4(7)10-11-5(3)8-2-9-6;6-3-2-4(7)8-1-9-5(2)11-10-3/h5-6,9-10H,7-8,11H2,1-4H3,(H2,18,19);7H,5-6,8H2,1-4H3;5-7H,1-4H3,(H2,13,14);2-5H,1H3,(H2,12,13)(H,14,15,16,17);2H,1H3,(H,8,9,10,11);1H,(H,8,9,10,11). The number of aromatic nitrogens is 23. The van der Waals surface area contributed by atoms with Crippen LogP contribution in [0.5, 0.6) is 23.5 Å². The predicted molar refractivity (Wildman–Crippen MR) is 408 cm³/mol. The van der Waals surface area contributed by atoms with Crippen LogP contribution in [0.1, 0.15) is 27.7 Å². The fourth-order valence-corrected chi connectivity index (χ4v) is 12.6. The molecule has 0 bridgehead atoms. The summed E-state index contributed by atoms with van der Waals surface area (Å²) in [5, 5.41) is 33.4. The van der Waals surface area contributed by atoms with Crippen LogP contribution in [-0.4, -0.2) is 191 Å². The van der Waals surface area contributed by atoms with Crippen molar-refractivity contribution < 1.29 is 37.7 Å². The summed E-state index contributed by atoms with van der Waals surface area (Å²) >= 11 is 15.7. The fourth-order valence-electron chi connectivity index (χ4n) is 9.34. The minimum Gasteiger partial charge on any atom is -0.480 e. The Balaban J connectivity index is 0.000000147. The molecule has 9 N–H and O–H groups in total. The van der Waals surface area contributed by atoms with E-state index in [1.165, 1.54) is 31.6 Å². The number of aromatic amines is 3. The lowest BCUT2D eigenvalue weighted by Gasteiger charge is -2.32. The van der Waals surface area contributed by atoms with Crippen LogP contribution in [0.4, 0.5) is 17.5 Å². The number of hydrogen-bond acceptors (Lipinski definition) is 29. The zero-order valence-corrected chi connectivity index (χ0v) is 66.4. The molecule has 1 fully saturated rings. The number of rotatable bonds is 17. The number of pyridine rings is 3. The van der Waals surface area contributed by atoms with Crippen LogP contribution in [0.25, 0.3) is 77.7 Å². The third-order valence-electron chi connectivity index (χ3n) is 15.4. The van der Waals surface area contributed by atoms with E-state index in [-0.39, 0.29) is 18.3 Å². The molecular weight excluding hydrogens is 1580 g/mol. The van der Waals surface area contributed by atoms with Gasteiger partial charge in [-0.15, -0.1) is 0 Å². The fraction of sp³-hybridized carbons (Fsp3) is 0.355. The highest BCUT2D eigenvalue weighted by Crippen LogP contribution is 2.38. The van der Waals surface area contributed by atoms with Crippen molar-refractivity contribution in [3.63, 3.8) is 0 Å². The summed E-state index contributed by atoms with van der Waals surface area (Å²) < 4.78 is 49.8. The number of methoxy groups -OCH3 is 4. The molecule has 14 heterocycles. The Morgan fingerprint density at radius 2 is 0.951 bits per heavy atom. The van der Waals surface area contributed by atoms with E-state index in [2.05, 4.69) is 193 Å². The summed E-state index contributed by atoms with van der Waals surface area (Å²) in [6, 6.07) is 13.1. The quantitative estimate of drug-likeness (QED) is 0.0280. The molecule has 1 aliphatic heterocycles. The zero-order chi connectivity index (χ0) is 74.4. The van der Waals surface area contributed by atoms with Crippen LogP contribution in [0.15, 0.2) is 100 Å². The predicted octanol–water partition coefficient (Wildman–Crippen LogP) is 10.6. The van der Waals surface area contributed by atoms with Gasteiger partial charge in [-0.1, -0.05) is 56.9 Å². The van der Waals surface area contributed by atoms with E-state index >= 15 is 0 Å². The van der Waals surface area contributed by atoms with E-state index in [9.17, 15) is 0 Å². The first-order chi connectivity index (χ1) is 49.0. The van der Waals surface area contributed by atoms with Crippen LogP contribution >= 0.6 is 59.4 Å².